The largest absolute Gasteiger partial charge is 0.465 e. The van der Waals surface area contributed by atoms with E-state index in [4.69, 9.17) is 21.7 Å². The molecule has 174 valence electrons. The highest BCUT2D eigenvalue weighted by atomic mass is 32.1. The third kappa shape index (κ3) is 8.02. The molecule has 33 heavy (non-hydrogen) atoms. The standard InChI is InChI=1S/C26H31N3O3S/c1-3-31-25(30)28-23(18-22-12-8-5-9-13-22)24(32-26(33)29-15-14-27-19-29)17-20(2)16-21-10-6-4-7-11-21/h4-15,19-20,23-24H,3,16-18H2,1-2H3,(H,28,30)/t20-,23-,24-/m0/s1. The predicted octanol–water partition coefficient (Wildman–Crippen LogP) is 5.03. The van der Waals surface area contributed by atoms with Crippen LogP contribution in [0.5, 0.6) is 0 Å². The second-order valence-corrected chi connectivity index (χ2v) is 8.43. The highest BCUT2D eigenvalue weighted by Crippen LogP contribution is 2.21. The molecule has 0 fully saturated rings. The summed E-state index contributed by atoms with van der Waals surface area (Å²) in [6.45, 7) is 4.27. The van der Waals surface area contributed by atoms with Crippen molar-refractivity contribution in [2.45, 2.75) is 45.3 Å². The lowest BCUT2D eigenvalue weighted by Crippen LogP contribution is -2.48. The molecule has 0 radical (unpaired) electrons. The van der Waals surface area contributed by atoms with Gasteiger partial charge in [0.2, 0.25) is 0 Å². The van der Waals surface area contributed by atoms with Crippen LogP contribution in [-0.4, -0.2) is 39.6 Å². The molecule has 0 bridgehead atoms. The predicted molar refractivity (Wildman–Crippen MR) is 133 cm³/mol. The Morgan fingerprint density at radius 1 is 1.06 bits per heavy atom. The zero-order valence-electron chi connectivity index (χ0n) is 19.1. The average molecular weight is 466 g/mol. The Morgan fingerprint density at radius 2 is 1.70 bits per heavy atom. The summed E-state index contributed by atoms with van der Waals surface area (Å²) < 4.78 is 13.1. The molecule has 0 saturated heterocycles. The molecule has 2 aromatic carbocycles. The Balaban J connectivity index is 1.82. The van der Waals surface area contributed by atoms with Crippen LogP contribution < -0.4 is 5.32 Å². The molecule has 3 rings (SSSR count). The second-order valence-electron chi connectivity index (χ2n) is 8.08. The van der Waals surface area contributed by atoms with E-state index in [1.54, 1.807) is 30.2 Å². The van der Waals surface area contributed by atoms with Crippen molar-refractivity contribution in [2.24, 2.45) is 5.92 Å². The molecule has 1 amide bonds. The van der Waals surface area contributed by atoms with E-state index < -0.39 is 6.09 Å². The first-order valence-electron chi connectivity index (χ1n) is 11.2. The Bertz CT molecular complexity index is 981. The van der Waals surface area contributed by atoms with Crippen molar-refractivity contribution in [3.63, 3.8) is 0 Å². The van der Waals surface area contributed by atoms with Gasteiger partial charge in [-0.1, -0.05) is 67.6 Å². The van der Waals surface area contributed by atoms with Crippen LogP contribution in [0.2, 0.25) is 0 Å². The number of aromatic nitrogens is 2. The number of carbonyl (C=O) groups excluding carboxylic acids is 1. The number of benzene rings is 2. The molecule has 0 saturated carbocycles. The Morgan fingerprint density at radius 3 is 2.27 bits per heavy atom. The average Bonchev–Trinajstić information content (AvgIpc) is 3.35. The van der Waals surface area contributed by atoms with E-state index in [1.165, 1.54) is 5.56 Å². The molecule has 7 heteroatoms. The number of hydrogen-bond donors (Lipinski definition) is 1. The maximum absolute atomic E-state index is 12.4. The van der Waals surface area contributed by atoms with E-state index in [0.29, 0.717) is 30.5 Å². The van der Waals surface area contributed by atoms with Crippen molar-refractivity contribution in [1.29, 1.82) is 0 Å². The maximum Gasteiger partial charge on any atom is 0.407 e. The zero-order chi connectivity index (χ0) is 23.5. The van der Waals surface area contributed by atoms with Crippen LogP contribution in [0.3, 0.4) is 0 Å². The van der Waals surface area contributed by atoms with Gasteiger partial charge in [0.25, 0.3) is 5.17 Å². The van der Waals surface area contributed by atoms with E-state index in [1.807, 2.05) is 48.5 Å². The quantitative estimate of drug-likeness (QED) is 0.426. The Labute approximate surface area is 200 Å². The SMILES string of the molecule is CCOC(=O)N[C@@H](Cc1ccccc1)[C@H](C[C@@H](C)Cc1ccccc1)OC(=S)n1ccnc1. The Kier molecular flexibility index (Phi) is 9.44. The van der Waals surface area contributed by atoms with Gasteiger partial charge in [-0.3, -0.25) is 4.57 Å². The number of alkyl carbamates (subject to hydrolysis) is 1. The highest BCUT2D eigenvalue weighted by molar-refractivity contribution is 7.80. The molecule has 0 unspecified atom stereocenters. The summed E-state index contributed by atoms with van der Waals surface area (Å²) in [4.78, 5) is 16.5. The molecule has 3 aromatic rings. The third-order valence-corrected chi connectivity index (χ3v) is 5.66. The molecule has 3 atom stereocenters. The van der Waals surface area contributed by atoms with Crippen LogP contribution in [0.1, 0.15) is 31.4 Å². The summed E-state index contributed by atoms with van der Waals surface area (Å²) in [7, 11) is 0. The summed E-state index contributed by atoms with van der Waals surface area (Å²) in [5, 5.41) is 3.31. The van der Waals surface area contributed by atoms with Crippen molar-refractivity contribution in [3.8, 4) is 0 Å². The first-order valence-corrected chi connectivity index (χ1v) is 11.7. The van der Waals surface area contributed by atoms with Crippen LogP contribution in [0.15, 0.2) is 79.4 Å². The lowest BCUT2D eigenvalue weighted by Gasteiger charge is -2.30. The highest BCUT2D eigenvalue weighted by Gasteiger charge is 2.29. The molecule has 0 aliphatic rings. The maximum atomic E-state index is 12.4. The molecule has 0 aliphatic heterocycles. The number of nitrogens with zero attached hydrogens (tertiary/aromatic N) is 2. The first-order chi connectivity index (χ1) is 16.0. The van der Waals surface area contributed by atoms with Gasteiger partial charge >= 0.3 is 6.09 Å². The lowest BCUT2D eigenvalue weighted by molar-refractivity contribution is 0.0985. The molecule has 0 aliphatic carbocycles. The topological polar surface area (TPSA) is 65.4 Å². The van der Waals surface area contributed by atoms with Crippen LogP contribution in [0.4, 0.5) is 4.79 Å². The van der Waals surface area contributed by atoms with Gasteiger partial charge in [-0.05, 0) is 55.4 Å². The third-order valence-electron chi connectivity index (χ3n) is 5.35. The number of amides is 1. The van der Waals surface area contributed by atoms with Gasteiger partial charge < -0.3 is 14.8 Å². The van der Waals surface area contributed by atoms with Crippen LogP contribution in [-0.2, 0) is 22.3 Å². The van der Waals surface area contributed by atoms with Gasteiger partial charge in [-0.2, -0.15) is 0 Å². The number of ether oxygens (including phenoxy) is 2. The molecular formula is C26H31N3O3S. The van der Waals surface area contributed by atoms with Crippen molar-refractivity contribution in [3.05, 3.63) is 90.5 Å². The fourth-order valence-corrected chi connectivity index (χ4v) is 4.05. The van der Waals surface area contributed by atoms with Crippen molar-refractivity contribution in [1.82, 2.24) is 14.9 Å². The van der Waals surface area contributed by atoms with Gasteiger partial charge in [0, 0.05) is 12.4 Å². The van der Waals surface area contributed by atoms with Gasteiger partial charge in [0.15, 0.2) is 0 Å². The van der Waals surface area contributed by atoms with Gasteiger partial charge in [0.1, 0.15) is 12.4 Å². The van der Waals surface area contributed by atoms with Crippen molar-refractivity contribution < 1.29 is 14.3 Å². The van der Waals surface area contributed by atoms with E-state index in [0.717, 1.165) is 12.0 Å². The van der Waals surface area contributed by atoms with Gasteiger partial charge in [-0.15, -0.1) is 0 Å². The minimum Gasteiger partial charge on any atom is -0.465 e. The second kappa shape index (κ2) is 12.7. The first kappa shape index (κ1) is 24.5. The van der Waals surface area contributed by atoms with E-state index in [-0.39, 0.29) is 12.1 Å². The number of carbonyl (C=O) groups is 1. The van der Waals surface area contributed by atoms with Crippen molar-refractivity contribution in [2.75, 3.05) is 6.61 Å². The van der Waals surface area contributed by atoms with Crippen LogP contribution in [0, 0.1) is 5.92 Å². The molecule has 0 spiro atoms. The fourth-order valence-electron chi connectivity index (χ4n) is 3.82. The minimum absolute atomic E-state index is 0.297. The Hall–Kier alpha value is -3.19. The number of imidazole rings is 1. The molecule has 1 N–H and O–H groups in total. The van der Waals surface area contributed by atoms with Gasteiger partial charge in [-0.25, -0.2) is 9.78 Å². The zero-order valence-corrected chi connectivity index (χ0v) is 19.9. The molecular weight excluding hydrogens is 434 g/mol. The smallest absolute Gasteiger partial charge is 0.407 e. The minimum atomic E-state index is -0.462. The van der Waals surface area contributed by atoms with Crippen LogP contribution >= 0.6 is 12.2 Å². The number of hydrogen-bond acceptors (Lipinski definition) is 5. The van der Waals surface area contributed by atoms with E-state index in [2.05, 4.69) is 29.4 Å². The summed E-state index contributed by atoms with van der Waals surface area (Å²) in [5.41, 5.74) is 2.36. The number of thiocarbonyl (C=S) groups is 1. The van der Waals surface area contributed by atoms with Gasteiger partial charge in [0.05, 0.1) is 12.6 Å². The number of nitrogens with one attached hydrogen (secondary N) is 1. The lowest BCUT2D eigenvalue weighted by atomic mass is 9.90. The molecule has 1 heterocycles. The van der Waals surface area contributed by atoms with E-state index in [9.17, 15) is 4.79 Å². The van der Waals surface area contributed by atoms with Crippen molar-refractivity contribution >= 4 is 23.5 Å². The summed E-state index contributed by atoms with van der Waals surface area (Å²) in [6.07, 6.45) is 6.38. The fraction of sp³-hybridized carbons (Fsp3) is 0.346. The normalized spacial score (nSPS) is 13.5. The monoisotopic (exact) mass is 465 g/mol. The summed E-state index contributed by atoms with van der Waals surface area (Å²) in [5.74, 6) is 0.297. The molecule has 6 nitrogen and oxygen atoms in total. The summed E-state index contributed by atoms with van der Waals surface area (Å²) >= 11 is 5.54. The number of rotatable bonds is 10. The summed E-state index contributed by atoms with van der Waals surface area (Å²) in [6, 6.07) is 20.1. The van der Waals surface area contributed by atoms with E-state index >= 15 is 0 Å². The van der Waals surface area contributed by atoms with Crippen LogP contribution in [0.25, 0.3) is 0 Å². The molecule has 1 aromatic heterocycles.